The van der Waals surface area contributed by atoms with Crippen LogP contribution in [0.15, 0.2) is 17.8 Å². The number of hydrogen-bond acceptors (Lipinski definition) is 2. The molecule has 0 aliphatic carbocycles. The lowest BCUT2D eigenvalue weighted by atomic mass is 10.4. The first-order valence-corrected chi connectivity index (χ1v) is 2.30. The Morgan fingerprint density at radius 1 is 2.00 bits per heavy atom. The summed E-state index contributed by atoms with van der Waals surface area (Å²) in [5, 5.41) is 2.26. The van der Waals surface area contributed by atoms with Gasteiger partial charge >= 0.3 is 0 Å². The van der Waals surface area contributed by atoms with E-state index in [4.69, 9.17) is 11.6 Å². The molecule has 0 amide bonds. The van der Waals surface area contributed by atoms with Crippen molar-refractivity contribution in [1.29, 1.82) is 0 Å². The standard InChI is InChI=1S/C4H6ClNO/c1-2-4(5)3-6-7/h2,4H,1,3H2. The highest BCUT2D eigenvalue weighted by Crippen LogP contribution is 1.94. The molecule has 0 aliphatic rings. The minimum atomic E-state index is -0.294. The van der Waals surface area contributed by atoms with E-state index in [2.05, 4.69) is 11.8 Å². The fourth-order valence-electron chi connectivity index (χ4n) is 0.146. The Morgan fingerprint density at radius 3 is 2.71 bits per heavy atom. The van der Waals surface area contributed by atoms with E-state index in [1.165, 1.54) is 6.08 Å². The summed E-state index contributed by atoms with van der Waals surface area (Å²) < 4.78 is 0. The van der Waals surface area contributed by atoms with Crippen molar-refractivity contribution in [3.8, 4) is 0 Å². The second-order valence-corrected chi connectivity index (χ2v) is 1.62. The van der Waals surface area contributed by atoms with Crippen molar-refractivity contribution in [3.05, 3.63) is 17.6 Å². The number of halogens is 1. The molecule has 2 nitrogen and oxygen atoms in total. The monoisotopic (exact) mass is 119 g/mol. The number of rotatable bonds is 3. The van der Waals surface area contributed by atoms with Gasteiger partial charge in [0.1, 0.15) is 6.54 Å². The van der Waals surface area contributed by atoms with Crippen molar-refractivity contribution in [2.75, 3.05) is 6.54 Å². The predicted molar refractivity (Wildman–Crippen MR) is 30.5 cm³/mol. The fourth-order valence-corrected chi connectivity index (χ4v) is 0.202. The van der Waals surface area contributed by atoms with Crippen LogP contribution in [-0.2, 0) is 0 Å². The predicted octanol–water partition coefficient (Wildman–Crippen LogP) is 1.55. The molecular formula is C4H6ClNO. The molecule has 0 aliphatic heterocycles. The van der Waals surface area contributed by atoms with E-state index in [1.807, 2.05) is 0 Å². The zero-order valence-electron chi connectivity index (χ0n) is 3.80. The van der Waals surface area contributed by atoms with Crippen LogP contribution in [0.3, 0.4) is 0 Å². The lowest BCUT2D eigenvalue weighted by molar-refractivity contribution is 1.01. The molecule has 0 saturated heterocycles. The Hall–Kier alpha value is -0.370. The zero-order chi connectivity index (χ0) is 5.70. The average Bonchev–Trinajstić information content (AvgIpc) is 1.68. The van der Waals surface area contributed by atoms with Crippen LogP contribution in [0.2, 0.25) is 0 Å². The smallest absolute Gasteiger partial charge is 0.101 e. The number of alkyl halides is 1. The van der Waals surface area contributed by atoms with E-state index in [0.29, 0.717) is 0 Å². The maximum absolute atomic E-state index is 9.39. The molecule has 0 fully saturated rings. The number of hydrogen-bond donors (Lipinski definition) is 0. The average molecular weight is 120 g/mol. The third-order valence-electron chi connectivity index (χ3n) is 0.505. The molecule has 0 heterocycles. The zero-order valence-corrected chi connectivity index (χ0v) is 4.56. The third-order valence-corrected chi connectivity index (χ3v) is 0.821. The highest BCUT2D eigenvalue weighted by Gasteiger charge is 1.93. The van der Waals surface area contributed by atoms with Gasteiger partial charge in [-0.3, -0.25) is 0 Å². The maximum Gasteiger partial charge on any atom is 0.101 e. The Bertz CT molecular complexity index is 74.1. The van der Waals surface area contributed by atoms with Gasteiger partial charge in [-0.05, 0) is 0 Å². The van der Waals surface area contributed by atoms with Crippen molar-refractivity contribution in [1.82, 2.24) is 0 Å². The Kier molecular flexibility index (Phi) is 3.61. The first kappa shape index (κ1) is 6.63. The van der Waals surface area contributed by atoms with Gasteiger partial charge in [-0.2, -0.15) is 4.91 Å². The molecule has 40 valence electrons. The molecule has 0 bridgehead atoms. The van der Waals surface area contributed by atoms with Crippen molar-refractivity contribution >= 4 is 11.6 Å². The van der Waals surface area contributed by atoms with Gasteiger partial charge in [0, 0.05) is 0 Å². The quantitative estimate of drug-likeness (QED) is 0.315. The molecule has 0 aromatic heterocycles. The summed E-state index contributed by atoms with van der Waals surface area (Å²) in [4.78, 5) is 9.39. The lowest BCUT2D eigenvalue weighted by Gasteiger charge is -1.89. The van der Waals surface area contributed by atoms with E-state index in [0.717, 1.165) is 0 Å². The first-order valence-electron chi connectivity index (χ1n) is 1.87. The Balaban J connectivity index is 3.15. The highest BCUT2D eigenvalue weighted by atomic mass is 35.5. The molecule has 1 unspecified atom stereocenters. The van der Waals surface area contributed by atoms with Crippen LogP contribution in [-0.4, -0.2) is 11.9 Å². The number of nitroso groups, excluding NO2 is 1. The molecule has 0 rings (SSSR count). The summed E-state index contributed by atoms with van der Waals surface area (Å²) in [7, 11) is 0. The van der Waals surface area contributed by atoms with Crippen molar-refractivity contribution < 1.29 is 0 Å². The molecule has 3 heteroatoms. The SMILES string of the molecule is C=CC(Cl)CN=O. The van der Waals surface area contributed by atoms with Crippen LogP contribution in [0.1, 0.15) is 0 Å². The molecule has 0 aromatic rings. The van der Waals surface area contributed by atoms with Crippen molar-refractivity contribution in [2.45, 2.75) is 5.38 Å². The highest BCUT2D eigenvalue weighted by molar-refractivity contribution is 6.21. The summed E-state index contributed by atoms with van der Waals surface area (Å²) in [5.41, 5.74) is 0. The summed E-state index contributed by atoms with van der Waals surface area (Å²) >= 11 is 5.35. The van der Waals surface area contributed by atoms with Crippen LogP contribution in [0.25, 0.3) is 0 Å². The molecule has 0 spiro atoms. The molecule has 0 aromatic carbocycles. The van der Waals surface area contributed by atoms with E-state index in [-0.39, 0.29) is 11.9 Å². The van der Waals surface area contributed by atoms with Gasteiger partial charge in [-0.15, -0.1) is 18.2 Å². The summed E-state index contributed by atoms with van der Waals surface area (Å²) in [6.45, 7) is 3.46. The Morgan fingerprint density at radius 2 is 2.57 bits per heavy atom. The third kappa shape index (κ3) is 3.46. The van der Waals surface area contributed by atoms with Crippen LogP contribution < -0.4 is 0 Å². The van der Waals surface area contributed by atoms with E-state index in [9.17, 15) is 4.91 Å². The minimum Gasteiger partial charge on any atom is -0.151 e. The molecule has 0 N–H and O–H groups in total. The second-order valence-electron chi connectivity index (χ2n) is 1.06. The van der Waals surface area contributed by atoms with Crippen LogP contribution >= 0.6 is 11.6 Å². The second kappa shape index (κ2) is 3.81. The Labute approximate surface area is 47.1 Å². The van der Waals surface area contributed by atoms with E-state index >= 15 is 0 Å². The van der Waals surface area contributed by atoms with Crippen LogP contribution in [0.4, 0.5) is 0 Å². The first-order chi connectivity index (χ1) is 3.31. The molecule has 7 heavy (non-hydrogen) atoms. The summed E-state index contributed by atoms with van der Waals surface area (Å²) in [6.07, 6.45) is 1.48. The van der Waals surface area contributed by atoms with Gasteiger partial charge < -0.3 is 0 Å². The van der Waals surface area contributed by atoms with Gasteiger partial charge in [0.15, 0.2) is 0 Å². The van der Waals surface area contributed by atoms with E-state index < -0.39 is 0 Å². The minimum absolute atomic E-state index is 0.116. The van der Waals surface area contributed by atoms with Gasteiger partial charge in [0.2, 0.25) is 0 Å². The molecule has 0 radical (unpaired) electrons. The van der Waals surface area contributed by atoms with E-state index in [1.54, 1.807) is 0 Å². The van der Waals surface area contributed by atoms with Gasteiger partial charge in [0.05, 0.1) is 5.38 Å². The molecule has 0 saturated carbocycles. The number of nitrogens with zero attached hydrogens (tertiary/aromatic N) is 1. The fraction of sp³-hybridized carbons (Fsp3) is 0.500. The maximum atomic E-state index is 9.39. The molecule has 1 atom stereocenters. The van der Waals surface area contributed by atoms with Crippen molar-refractivity contribution in [2.24, 2.45) is 5.18 Å². The topological polar surface area (TPSA) is 29.4 Å². The molecular weight excluding hydrogens is 114 g/mol. The van der Waals surface area contributed by atoms with Gasteiger partial charge in [-0.1, -0.05) is 11.3 Å². The lowest BCUT2D eigenvalue weighted by Crippen LogP contribution is -1.95. The van der Waals surface area contributed by atoms with Gasteiger partial charge in [0.25, 0.3) is 0 Å². The summed E-state index contributed by atoms with van der Waals surface area (Å²) in [6, 6.07) is 0. The van der Waals surface area contributed by atoms with Crippen LogP contribution in [0.5, 0.6) is 0 Å². The van der Waals surface area contributed by atoms with Crippen molar-refractivity contribution in [3.63, 3.8) is 0 Å². The van der Waals surface area contributed by atoms with Crippen LogP contribution in [0, 0.1) is 4.91 Å². The largest absolute Gasteiger partial charge is 0.151 e. The summed E-state index contributed by atoms with van der Waals surface area (Å²) in [5.74, 6) is 0. The van der Waals surface area contributed by atoms with Gasteiger partial charge in [-0.25, -0.2) is 0 Å². The normalized spacial score (nSPS) is 12.7.